The quantitative estimate of drug-likeness (QED) is 0.292. The zero-order valence-corrected chi connectivity index (χ0v) is 19.8. The molecule has 5 rings (SSSR count). The number of nitrogens with zero attached hydrogens (tertiary/aromatic N) is 3. The highest BCUT2D eigenvalue weighted by atomic mass is 32.3. The molecule has 2 aromatic carbocycles. The van der Waals surface area contributed by atoms with E-state index in [1.165, 1.54) is 0 Å². The third-order valence-corrected chi connectivity index (χ3v) is 7.06. The summed E-state index contributed by atoms with van der Waals surface area (Å²) in [5, 5.41) is 3.33. The van der Waals surface area contributed by atoms with E-state index < -0.39 is 23.0 Å². The van der Waals surface area contributed by atoms with E-state index in [0.717, 1.165) is 5.39 Å². The van der Waals surface area contributed by atoms with Crippen LogP contribution in [0.1, 0.15) is 10.4 Å². The van der Waals surface area contributed by atoms with Crippen molar-refractivity contribution in [2.45, 2.75) is 11.0 Å². The molecule has 1 aliphatic rings. The van der Waals surface area contributed by atoms with Gasteiger partial charge in [0.25, 0.3) is 5.91 Å². The third kappa shape index (κ3) is 5.08. The number of benzene rings is 2. The second-order valence-electron chi connectivity index (χ2n) is 8.14. The molecule has 0 unspecified atom stereocenters. The Labute approximate surface area is 208 Å². The number of nitrogens with one attached hydrogen (secondary N) is 2. The molecule has 184 valence electrons. The summed E-state index contributed by atoms with van der Waals surface area (Å²) in [5.74, 6) is 0.174. The number of para-hydroxylation sites is 1. The molecule has 0 atom stereocenters. The Balaban J connectivity index is 1.17. The molecular weight excluding hydrogens is 482 g/mol. The minimum Gasteiger partial charge on any atom is -0.442 e. The van der Waals surface area contributed by atoms with Crippen molar-refractivity contribution in [3.63, 3.8) is 0 Å². The second kappa shape index (κ2) is 9.82. The molecule has 4 aromatic rings. The average Bonchev–Trinajstić information content (AvgIpc) is 2.86. The number of carbonyl (C=O) groups excluding carboxylic acids is 2. The Morgan fingerprint density at radius 1 is 0.917 bits per heavy atom. The minimum atomic E-state index is -3.39. The van der Waals surface area contributed by atoms with Crippen LogP contribution in [0.15, 0.2) is 90.1 Å². The van der Waals surface area contributed by atoms with Crippen LogP contribution in [0, 0.1) is 0 Å². The molecular formula is C25H23N5O5S. The summed E-state index contributed by atoms with van der Waals surface area (Å²) in [6, 6.07) is 20.4. The predicted molar refractivity (Wildman–Crippen MR) is 137 cm³/mol. The largest absolute Gasteiger partial charge is 0.442 e. The topological polar surface area (TPSA) is 137 Å². The fourth-order valence-corrected chi connectivity index (χ4v) is 5.07. The maximum atomic E-state index is 12.8. The van der Waals surface area contributed by atoms with Gasteiger partial charge in [-0.3, -0.25) is 28.9 Å². The molecule has 2 aromatic heterocycles. The first kappa shape index (κ1) is 23.5. The van der Waals surface area contributed by atoms with Gasteiger partial charge in [-0.05, 0) is 48.5 Å². The number of amides is 2. The lowest BCUT2D eigenvalue weighted by molar-refractivity contribution is -0.00207. The van der Waals surface area contributed by atoms with Crippen LogP contribution in [0.2, 0.25) is 0 Å². The van der Waals surface area contributed by atoms with E-state index in [1.54, 1.807) is 78.0 Å². The zero-order chi connectivity index (χ0) is 25.1. The summed E-state index contributed by atoms with van der Waals surface area (Å²) in [4.78, 5) is 34.8. The van der Waals surface area contributed by atoms with Crippen LogP contribution < -0.4 is 10.0 Å². The van der Waals surface area contributed by atoms with Crippen LogP contribution in [-0.2, 0) is 4.74 Å². The molecule has 1 saturated heterocycles. The Morgan fingerprint density at radius 3 is 2.42 bits per heavy atom. The highest BCUT2D eigenvalue weighted by molar-refractivity contribution is 8.25. The van der Waals surface area contributed by atoms with E-state index in [1.807, 2.05) is 12.1 Å². The fraction of sp³-hybridized carbons (Fsp3) is 0.120. The molecule has 36 heavy (non-hydrogen) atoms. The van der Waals surface area contributed by atoms with Crippen molar-refractivity contribution in [3.05, 3.63) is 90.8 Å². The molecule has 4 N–H and O–H groups in total. The lowest BCUT2D eigenvalue weighted by atomic mass is 10.1. The maximum absolute atomic E-state index is 12.8. The lowest BCUT2D eigenvalue weighted by Crippen LogP contribution is -2.55. The Morgan fingerprint density at radius 2 is 1.67 bits per heavy atom. The minimum absolute atomic E-state index is 0.212. The first-order chi connectivity index (χ1) is 17.4. The van der Waals surface area contributed by atoms with Crippen LogP contribution in [0.4, 0.5) is 16.3 Å². The number of hydrogen-bond acceptors (Lipinski definition) is 8. The summed E-state index contributed by atoms with van der Waals surface area (Å²) in [6.45, 7) is 0.562. The molecule has 0 spiro atoms. The SMILES string of the molecule is O=C(Nc1ccccn1)OC1CN(C(=O)c2ccc(NS(O)(O)c3cccc4cccnc34)cc2)C1. The molecule has 0 radical (unpaired) electrons. The van der Waals surface area contributed by atoms with Gasteiger partial charge in [0, 0.05) is 23.3 Å². The third-order valence-electron chi connectivity index (χ3n) is 5.60. The highest BCUT2D eigenvalue weighted by Crippen LogP contribution is 2.50. The van der Waals surface area contributed by atoms with E-state index >= 15 is 0 Å². The van der Waals surface area contributed by atoms with Crippen molar-refractivity contribution in [3.8, 4) is 0 Å². The fourth-order valence-electron chi connectivity index (χ4n) is 3.79. The van der Waals surface area contributed by atoms with Crippen LogP contribution in [-0.4, -0.2) is 55.2 Å². The smallest absolute Gasteiger partial charge is 0.413 e. The first-order valence-corrected chi connectivity index (χ1v) is 12.6. The van der Waals surface area contributed by atoms with Gasteiger partial charge < -0.3 is 9.64 Å². The van der Waals surface area contributed by atoms with Gasteiger partial charge in [-0.15, -0.1) is 0 Å². The molecule has 3 heterocycles. The van der Waals surface area contributed by atoms with Gasteiger partial charge in [0.2, 0.25) is 0 Å². The monoisotopic (exact) mass is 505 g/mol. The predicted octanol–water partition coefficient (Wildman–Crippen LogP) is 4.84. The summed E-state index contributed by atoms with van der Waals surface area (Å²) in [6.07, 6.45) is 2.13. The summed E-state index contributed by atoms with van der Waals surface area (Å²) >= 11 is 0. The van der Waals surface area contributed by atoms with Gasteiger partial charge in [0.1, 0.15) is 16.8 Å². The van der Waals surface area contributed by atoms with Crippen molar-refractivity contribution < 1.29 is 23.4 Å². The number of anilines is 2. The summed E-state index contributed by atoms with van der Waals surface area (Å²) in [5.41, 5.74) is 1.37. The maximum Gasteiger partial charge on any atom is 0.413 e. The van der Waals surface area contributed by atoms with Gasteiger partial charge in [0.05, 0.1) is 24.3 Å². The Bertz CT molecular complexity index is 1390. The van der Waals surface area contributed by atoms with Crippen molar-refractivity contribution >= 4 is 45.2 Å². The molecule has 1 aliphatic heterocycles. The molecule has 0 aliphatic carbocycles. The molecule has 10 nitrogen and oxygen atoms in total. The number of pyridine rings is 2. The molecule has 11 heteroatoms. The first-order valence-electron chi connectivity index (χ1n) is 11.1. The van der Waals surface area contributed by atoms with Crippen molar-refractivity contribution in [2.24, 2.45) is 0 Å². The van der Waals surface area contributed by atoms with E-state index in [9.17, 15) is 18.7 Å². The van der Waals surface area contributed by atoms with E-state index in [2.05, 4.69) is 20.0 Å². The van der Waals surface area contributed by atoms with Crippen LogP contribution in [0.5, 0.6) is 0 Å². The standard InChI is InChI=1S/C25H23N5O5S/c31-24(30-15-20(16-30)35-25(32)28-22-8-1-2-13-26-22)18-9-11-19(12-10-18)29-36(33,34)21-7-3-5-17-6-4-14-27-23(17)21/h1-14,20,29,33-34H,15-16H2,(H,26,28,32). The highest BCUT2D eigenvalue weighted by Gasteiger charge is 2.34. The number of hydrogen-bond donors (Lipinski definition) is 4. The van der Waals surface area contributed by atoms with Crippen molar-refractivity contribution in [2.75, 3.05) is 23.1 Å². The zero-order valence-electron chi connectivity index (χ0n) is 18.9. The molecule has 2 amide bonds. The Kier molecular flexibility index (Phi) is 6.42. The van der Waals surface area contributed by atoms with E-state index in [0.29, 0.717) is 27.5 Å². The average molecular weight is 506 g/mol. The van der Waals surface area contributed by atoms with Crippen LogP contribution in [0.3, 0.4) is 0 Å². The molecule has 1 fully saturated rings. The van der Waals surface area contributed by atoms with Crippen LogP contribution >= 0.6 is 10.8 Å². The number of likely N-dealkylation sites (tertiary alicyclic amines) is 1. The Hall–Kier alpha value is -4.19. The lowest BCUT2D eigenvalue weighted by Gasteiger charge is -2.38. The number of rotatable bonds is 6. The number of carbonyl (C=O) groups is 2. The summed E-state index contributed by atoms with van der Waals surface area (Å²) in [7, 11) is -3.39. The number of fused-ring (bicyclic) bond motifs is 1. The molecule has 0 saturated carbocycles. The van der Waals surface area contributed by atoms with Crippen LogP contribution in [0.25, 0.3) is 10.9 Å². The number of ether oxygens (including phenoxy) is 1. The molecule has 0 bridgehead atoms. The van der Waals surface area contributed by atoms with E-state index in [4.69, 9.17) is 4.74 Å². The number of aromatic nitrogens is 2. The van der Waals surface area contributed by atoms with Crippen molar-refractivity contribution in [1.82, 2.24) is 14.9 Å². The normalized spacial score (nSPS) is 14.1. The second-order valence-corrected chi connectivity index (χ2v) is 9.88. The van der Waals surface area contributed by atoms with Gasteiger partial charge >= 0.3 is 6.09 Å². The van der Waals surface area contributed by atoms with Gasteiger partial charge in [-0.2, -0.15) is 0 Å². The van der Waals surface area contributed by atoms with Gasteiger partial charge in [-0.25, -0.2) is 9.78 Å². The van der Waals surface area contributed by atoms with Gasteiger partial charge in [-0.1, -0.05) is 35.0 Å². The van der Waals surface area contributed by atoms with Crippen molar-refractivity contribution in [1.29, 1.82) is 0 Å². The summed E-state index contributed by atoms with van der Waals surface area (Å²) < 4.78 is 29.7. The van der Waals surface area contributed by atoms with Gasteiger partial charge in [0.15, 0.2) is 0 Å². The van der Waals surface area contributed by atoms with E-state index in [-0.39, 0.29) is 19.0 Å².